The second kappa shape index (κ2) is 4.74. The van der Waals surface area contributed by atoms with Crippen LogP contribution in [0.3, 0.4) is 0 Å². The average Bonchev–Trinajstić information content (AvgIpc) is 2.71. The fourth-order valence-electron chi connectivity index (χ4n) is 2.07. The van der Waals surface area contributed by atoms with E-state index in [1.165, 1.54) is 12.3 Å². The minimum absolute atomic E-state index is 0.216. The summed E-state index contributed by atoms with van der Waals surface area (Å²) in [7, 11) is 1.79. The van der Waals surface area contributed by atoms with E-state index in [0.717, 1.165) is 11.9 Å². The number of rotatable bonds is 2. The van der Waals surface area contributed by atoms with Gasteiger partial charge >= 0.3 is 0 Å². The van der Waals surface area contributed by atoms with Gasteiger partial charge in [0.05, 0.1) is 11.9 Å². The number of aliphatic hydroxyl groups is 1. The van der Waals surface area contributed by atoms with Gasteiger partial charge < -0.3 is 5.11 Å². The predicted molar refractivity (Wildman–Crippen MR) is 70.2 cm³/mol. The molecule has 0 saturated carbocycles. The zero-order valence-electron chi connectivity index (χ0n) is 11.6. The van der Waals surface area contributed by atoms with Crippen molar-refractivity contribution >= 4 is 0 Å². The lowest BCUT2D eigenvalue weighted by Crippen LogP contribution is -2.17. The van der Waals surface area contributed by atoms with Crippen molar-refractivity contribution in [1.82, 2.24) is 14.8 Å². The van der Waals surface area contributed by atoms with E-state index in [4.69, 9.17) is 0 Å². The van der Waals surface area contributed by atoms with Gasteiger partial charge in [-0.1, -0.05) is 20.8 Å². The highest BCUT2D eigenvalue weighted by Gasteiger charge is 2.27. The molecule has 2 heterocycles. The van der Waals surface area contributed by atoms with Gasteiger partial charge in [0, 0.05) is 36.0 Å². The Kier molecular flexibility index (Phi) is 3.41. The fourth-order valence-corrected chi connectivity index (χ4v) is 2.07. The smallest absolute Gasteiger partial charge is 0.147 e. The Bertz CT molecular complexity index is 587. The SMILES string of the molecule is Cn1cc(C(O)c2ccncc2F)c(C(C)(C)C)n1. The van der Waals surface area contributed by atoms with E-state index in [2.05, 4.69) is 10.1 Å². The third-order valence-corrected chi connectivity index (χ3v) is 2.96. The van der Waals surface area contributed by atoms with E-state index in [-0.39, 0.29) is 11.0 Å². The maximum atomic E-state index is 13.7. The van der Waals surface area contributed by atoms with Crippen LogP contribution in [0.5, 0.6) is 0 Å². The molecule has 0 fully saturated rings. The summed E-state index contributed by atoms with van der Waals surface area (Å²) in [5.41, 5.74) is 1.38. The van der Waals surface area contributed by atoms with Crippen LogP contribution in [0.4, 0.5) is 4.39 Å². The van der Waals surface area contributed by atoms with Crippen molar-refractivity contribution in [3.63, 3.8) is 0 Å². The van der Waals surface area contributed by atoms with Gasteiger partial charge in [-0.15, -0.1) is 0 Å². The van der Waals surface area contributed by atoms with E-state index < -0.39 is 11.9 Å². The first-order valence-corrected chi connectivity index (χ1v) is 6.12. The van der Waals surface area contributed by atoms with Gasteiger partial charge in [0.1, 0.15) is 11.9 Å². The number of halogens is 1. The van der Waals surface area contributed by atoms with Crippen LogP contribution in [0.2, 0.25) is 0 Å². The molecule has 4 nitrogen and oxygen atoms in total. The summed E-state index contributed by atoms with van der Waals surface area (Å²) in [5.74, 6) is -0.515. The van der Waals surface area contributed by atoms with Crippen molar-refractivity contribution in [2.75, 3.05) is 0 Å². The van der Waals surface area contributed by atoms with Crippen molar-refractivity contribution in [3.05, 3.63) is 47.3 Å². The largest absolute Gasteiger partial charge is 0.383 e. The molecule has 0 aromatic carbocycles. The van der Waals surface area contributed by atoms with Crippen molar-refractivity contribution in [1.29, 1.82) is 0 Å². The first kappa shape index (κ1) is 13.7. The van der Waals surface area contributed by atoms with Crippen LogP contribution >= 0.6 is 0 Å². The van der Waals surface area contributed by atoms with Crippen LogP contribution in [0, 0.1) is 5.82 Å². The summed E-state index contributed by atoms with van der Waals surface area (Å²) in [6, 6.07) is 1.49. The fraction of sp³-hybridized carbons (Fsp3) is 0.429. The van der Waals surface area contributed by atoms with Crippen LogP contribution in [-0.2, 0) is 12.5 Å². The number of aliphatic hydroxyl groups excluding tert-OH is 1. The van der Waals surface area contributed by atoms with Gasteiger partial charge in [-0.25, -0.2) is 4.39 Å². The molecule has 0 spiro atoms. The molecule has 1 atom stereocenters. The van der Waals surface area contributed by atoms with Gasteiger partial charge in [-0.3, -0.25) is 9.67 Å². The van der Waals surface area contributed by atoms with E-state index in [1.807, 2.05) is 20.8 Å². The second-order valence-electron chi connectivity index (χ2n) is 5.66. The maximum absolute atomic E-state index is 13.7. The number of nitrogens with zero attached hydrogens (tertiary/aromatic N) is 3. The molecule has 5 heteroatoms. The van der Waals surface area contributed by atoms with Crippen molar-refractivity contribution < 1.29 is 9.50 Å². The zero-order chi connectivity index (χ0) is 14.2. The number of pyridine rings is 1. The van der Waals surface area contributed by atoms with Gasteiger partial charge in [-0.2, -0.15) is 5.10 Å². The lowest BCUT2D eigenvalue weighted by atomic mass is 9.87. The van der Waals surface area contributed by atoms with Crippen molar-refractivity contribution in [2.24, 2.45) is 7.05 Å². The Morgan fingerprint density at radius 1 is 1.32 bits per heavy atom. The third kappa shape index (κ3) is 2.66. The highest BCUT2D eigenvalue weighted by molar-refractivity contribution is 5.34. The summed E-state index contributed by atoms with van der Waals surface area (Å²) in [6.07, 6.45) is 3.26. The summed E-state index contributed by atoms with van der Waals surface area (Å²) in [4.78, 5) is 3.69. The molecule has 0 aliphatic carbocycles. The molecule has 0 saturated heterocycles. The predicted octanol–water partition coefficient (Wildman–Crippen LogP) is 2.33. The van der Waals surface area contributed by atoms with Crippen molar-refractivity contribution in [2.45, 2.75) is 32.3 Å². The lowest BCUT2D eigenvalue weighted by molar-refractivity contribution is 0.212. The van der Waals surface area contributed by atoms with Crippen LogP contribution < -0.4 is 0 Å². The summed E-state index contributed by atoms with van der Waals surface area (Å²) < 4.78 is 15.3. The molecule has 102 valence electrons. The Hall–Kier alpha value is -1.75. The normalized spacial score (nSPS) is 13.6. The molecule has 2 aromatic heterocycles. The van der Waals surface area contributed by atoms with E-state index in [9.17, 15) is 9.50 Å². The standard InChI is InChI=1S/C14H18FN3O/c1-14(2,3)13-10(8-18(4)17-13)12(19)9-5-6-16-7-11(9)15/h5-8,12,19H,1-4H3. The summed E-state index contributed by atoms with van der Waals surface area (Å²) >= 11 is 0. The number of hydrogen-bond acceptors (Lipinski definition) is 3. The Balaban J connectivity index is 2.51. The van der Waals surface area contributed by atoms with Crippen LogP contribution in [0.1, 0.15) is 43.7 Å². The molecular weight excluding hydrogens is 245 g/mol. The molecule has 0 bridgehead atoms. The first-order valence-electron chi connectivity index (χ1n) is 6.12. The highest BCUT2D eigenvalue weighted by atomic mass is 19.1. The van der Waals surface area contributed by atoms with Gasteiger partial charge in [0.25, 0.3) is 0 Å². The lowest BCUT2D eigenvalue weighted by Gasteiger charge is -2.20. The number of aromatic nitrogens is 3. The Morgan fingerprint density at radius 2 is 2.00 bits per heavy atom. The van der Waals surface area contributed by atoms with Crippen LogP contribution in [0.15, 0.2) is 24.7 Å². The molecular formula is C14H18FN3O. The Morgan fingerprint density at radius 3 is 2.58 bits per heavy atom. The molecule has 0 aliphatic rings. The summed E-state index contributed by atoms with van der Waals surface area (Å²) in [5, 5.41) is 14.8. The van der Waals surface area contributed by atoms with E-state index >= 15 is 0 Å². The van der Waals surface area contributed by atoms with Gasteiger partial charge in [0.2, 0.25) is 0 Å². The monoisotopic (exact) mass is 263 g/mol. The quantitative estimate of drug-likeness (QED) is 0.904. The summed E-state index contributed by atoms with van der Waals surface area (Å²) in [6.45, 7) is 6.03. The molecule has 2 rings (SSSR count). The molecule has 2 aromatic rings. The number of hydrogen-bond donors (Lipinski definition) is 1. The minimum atomic E-state index is -1.04. The van der Waals surface area contributed by atoms with Crippen LogP contribution in [0.25, 0.3) is 0 Å². The topological polar surface area (TPSA) is 50.9 Å². The van der Waals surface area contributed by atoms with E-state index in [0.29, 0.717) is 5.56 Å². The number of aryl methyl sites for hydroxylation is 1. The average molecular weight is 263 g/mol. The molecule has 0 radical (unpaired) electrons. The zero-order valence-corrected chi connectivity index (χ0v) is 11.6. The Labute approximate surface area is 111 Å². The van der Waals surface area contributed by atoms with Crippen molar-refractivity contribution in [3.8, 4) is 0 Å². The van der Waals surface area contributed by atoms with Gasteiger partial charge in [0.15, 0.2) is 0 Å². The second-order valence-corrected chi connectivity index (χ2v) is 5.66. The van der Waals surface area contributed by atoms with Gasteiger partial charge in [-0.05, 0) is 6.07 Å². The maximum Gasteiger partial charge on any atom is 0.147 e. The molecule has 0 amide bonds. The molecule has 1 N–H and O–H groups in total. The molecule has 1 unspecified atom stereocenters. The molecule has 0 aliphatic heterocycles. The van der Waals surface area contributed by atoms with E-state index in [1.54, 1.807) is 17.9 Å². The minimum Gasteiger partial charge on any atom is -0.383 e. The molecule has 19 heavy (non-hydrogen) atoms. The highest BCUT2D eigenvalue weighted by Crippen LogP contribution is 2.32. The first-order chi connectivity index (χ1) is 8.80. The van der Waals surface area contributed by atoms with Crippen LogP contribution in [-0.4, -0.2) is 19.9 Å². The third-order valence-electron chi connectivity index (χ3n) is 2.96.